The highest BCUT2D eigenvalue weighted by molar-refractivity contribution is 5.92. The molecule has 18 heteroatoms. The number of alkyl carbamates (subject to hydrolysis) is 2. The molecule has 0 saturated carbocycles. The monoisotopic (exact) mass is 917 g/mol. The summed E-state index contributed by atoms with van der Waals surface area (Å²) in [5.41, 5.74) is 6.65. The molecule has 4 amide bonds. The fourth-order valence-corrected chi connectivity index (χ4v) is 10.9. The van der Waals surface area contributed by atoms with Crippen LogP contribution in [0.15, 0.2) is 54.9 Å². The molecule has 5 atom stereocenters. The van der Waals surface area contributed by atoms with E-state index in [9.17, 15) is 19.2 Å². The van der Waals surface area contributed by atoms with Crippen molar-refractivity contribution in [2.75, 3.05) is 53.7 Å². The SMILES string of the molecule is CCC1Oc2cc(-c3cnc(C4CCCN4C(=O)C(NC(=O)OC)C4CCOCC4)[nH]3)ccc2-c2cc3cc(-c4cnc(C5CCCN5C(=O)C(NC(=O)OC)C5CCOCC5)[nH]4)ccc3n21. The third-order valence-electron chi connectivity index (χ3n) is 14.4. The Balaban J connectivity index is 0.873. The van der Waals surface area contributed by atoms with Crippen LogP contribution in [0.3, 0.4) is 0 Å². The van der Waals surface area contributed by atoms with Gasteiger partial charge < -0.3 is 58.7 Å². The van der Waals surface area contributed by atoms with Crippen LogP contribution in [0.25, 0.3) is 44.7 Å². The number of aromatic amines is 2. The Hall–Kier alpha value is -6.40. The Kier molecular flexibility index (Phi) is 12.6. The molecule has 5 aromatic rings. The first-order valence-corrected chi connectivity index (χ1v) is 23.7. The van der Waals surface area contributed by atoms with E-state index < -0.39 is 24.3 Å². The van der Waals surface area contributed by atoms with Crippen LogP contribution in [0.4, 0.5) is 9.59 Å². The summed E-state index contributed by atoms with van der Waals surface area (Å²) >= 11 is 0. The molecule has 0 spiro atoms. The molecule has 5 aliphatic heterocycles. The van der Waals surface area contributed by atoms with Gasteiger partial charge in [-0.05, 0) is 93.5 Å². The second kappa shape index (κ2) is 19.1. The largest absolute Gasteiger partial charge is 0.469 e. The lowest BCUT2D eigenvalue weighted by Gasteiger charge is -2.34. The van der Waals surface area contributed by atoms with Crippen LogP contribution in [-0.4, -0.2) is 124 Å². The van der Waals surface area contributed by atoms with Gasteiger partial charge in [-0.1, -0.05) is 19.1 Å². The summed E-state index contributed by atoms with van der Waals surface area (Å²) < 4.78 is 29.9. The number of nitrogens with zero attached hydrogens (tertiary/aromatic N) is 5. The summed E-state index contributed by atoms with van der Waals surface area (Å²) in [6.07, 6.45) is 8.83. The highest BCUT2D eigenvalue weighted by Gasteiger charge is 2.42. The average Bonchev–Trinajstić information content (AvgIpc) is 4.24. The van der Waals surface area contributed by atoms with Crippen LogP contribution >= 0.6 is 0 Å². The molecule has 0 radical (unpaired) electrons. The first-order valence-electron chi connectivity index (χ1n) is 23.7. The van der Waals surface area contributed by atoms with Crippen LogP contribution in [-0.2, 0) is 28.5 Å². The third kappa shape index (κ3) is 8.60. The number of carbonyl (C=O) groups excluding carboxylic acids is 4. The normalized spacial score (nSPS) is 21.9. The number of hydrogen-bond donors (Lipinski definition) is 4. The number of nitrogens with one attached hydrogen (secondary N) is 4. The van der Waals surface area contributed by atoms with Gasteiger partial charge in [0.1, 0.15) is 29.5 Å². The Morgan fingerprint density at radius 1 is 0.716 bits per heavy atom. The molecule has 10 rings (SSSR count). The van der Waals surface area contributed by atoms with Crippen molar-refractivity contribution >= 4 is 34.9 Å². The molecule has 0 aliphatic carbocycles. The van der Waals surface area contributed by atoms with Crippen LogP contribution < -0.4 is 15.4 Å². The number of hydrogen-bond acceptors (Lipinski definition) is 11. The van der Waals surface area contributed by atoms with Crippen molar-refractivity contribution in [3.63, 3.8) is 0 Å². The zero-order chi connectivity index (χ0) is 46.2. The van der Waals surface area contributed by atoms with Crippen LogP contribution in [0.5, 0.6) is 5.75 Å². The number of fused-ring (bicyclic) bond motifs is 5. The summed E-state index contributed by atoms with van der Waals surface area (Å²) in [6.45, 7) is 5.47. The van der Waals surface area contributed by atoms with E-state index in [1.54, 1.807) is 0 Å². The Morgan fingerprint density at radius 3 is 1.76 bits per heavy atom. The summed E-state index contributed by atoms with van der Waals surface area (Å²) in [7, 11) is 2.62. The molecule has 8 heterocycles. The second-order valence-electron chi connectivity index (χ2n) is 18.2. The molecule has 3 aromatic heterocycles. The number of methoxy groups -OCH3 is 2. The maximum atomic E-state index is 14.1. The molecule has 354 valence electrons. The number of H-pyrrole nitrogens is 2. The predicted octanol–water partition coefficient (Wildman–Crippen LogP) is 7.02. The number of likely N-dealkylation sites (tertiary alicyclic amines) is 2. The van der Waals surface area contributed by atoms with E-state index in [0.29, 0.717) is 71.0 Å². The highest BCUT2D eigenvalue weighted by atomic mass is 16.5. The molecule has 5 aliphatic rings. The first kappa shape index (κ1) is 44.4. The standard InChI is InChI=1S/C49H59N9O9/c1-4-41-58-36-12-10-30(34-26-50-44(52-34)37-7-5-17-56(37)46(59)42(54-48(61)63-2)28-13-19-65-20-14-28)23-32(36)24-39(58)33-11-9-31(25-40(33)67-41)35-27-51-45(53-35)38-8-6-18-57(38)47(60)43(55-49(62)64-3)29-15-21-66-22-16-29/h9-12,23-29,37-38,41-43H,4-8,13-22H2,1-3H3,(H,50,52)(H,51,53)(H,54,61)(H,55,62). The zero-order valence-electron chi connectivity index (χ0n) is 38.3. The lowest BCUT2D eigenvalue weighted by molar-refractivity contribution is -0.137. The second-order valence-corrected chi connectivity index (χ2v) is 18.2. The maximum absolute atomic E-state index is 14.1. The molecule has 2 aromatic carbocycles. The van der Waals surface area contributed by atoms with Crippen molar-refractivity contribution < 1.29 is 42.9 Å². The smallest absolute Gasteiger partial charge is 0.407 e. The number of aromatic nitrogens is 5. The van der Waals surface area contributed by atoms with E-state index >= 15 is 0 Å². The van der Waals surface area contributed by atoms with Crippen molar-refractivity contribution in [2.24, 2.45) is 11.8 Å². The van der Waals surface area contributed by atoms with Gasteiger partial charge in [0.2, 0.25) is 11.8 Å². The summed E-state index contributed by atoms with van der Waals surface area (Å²) in [4.78, 5) is 73.4. The Bertz CT molecular complexity index is 2630. The molecular weight excluding hydrogens is 859 g/mol. The van der Waals surface area contributed by atoms with Gasteiger partial charge in [-0.25, -0.2) is 19.6 Å². The van der Waals surface area contributed by atoms with Gasteiger partial charge >= 0.3 is 12.2 Å². The van der Waals surface area contributed by atoms with E-state index in [4.69, 9.17) is 33.7 Å². The number of carbonyl (C=O) groups is 4. The van der Waals surface area contributed by atoms with Crippen LogP contribution in [0.2, 0.25) is 0 Å². The van der Waals surface area contributed by atoms with E-state index in [-0.39, 0.29) is 42.0 Å². The van der Waals surface area contributed by atoms with Crippen molar-refractivity contribution in [3.05, 3.63) is 66.5 Å². The fourth-order valence-electron chi connectivity index (χ4n) is 10.9. The first-order chi connectivity index (χ1) is 32.7. The van der Waals surface area contributed by atoms with E-state index in [1.807, 2.05) is 22.2 Å². The molecule has 4 N–H and O–H groups in total. The number of ether oxygens (including phenoxy) is 5. The van der Waals surface area contributed by atoms with Crippen LogP contribution in [0.1, 0.15) is 94.7 Å². The topological polar surface area (TPSA) is 207 Å². The molecule has 67 heavy (non-hydrogen) atoms. The minimum Gasteiger partial charge on any atom is -0.469 e. The predicted molar refractivity (Wildman–Crippen MR) is 246 cm³/mol. The lowest BCUT2D eigenvalue weighted by Crippen LogP contribution is -2.53. The van der Waals surface area contributed by atoms with Gasteiger partial charge in [-0.3, -0.25) is 9.59 Å². The summed E-state index contributed by atoms with van der Waals surface area (Å²) in [6, 6.07) is 12.9. The zero-order valence-corrected chi connectivity index (χ0v) is 38.3. The average molecular weight is 918 g/mol. The van der Waals surface area contributed by atoms with Gasteiger partial charge in [-0.15, -0.1) is 0 Å². The molecule has 4 fully saturated rings. The van der Waals surface area contributed by atoms with Gasteiger partial charge in [-0.2, -0.15) is 0 Å². The Labute approximate surface area is 388 Å². The van der Waals surface area contributed by atoms with Crippen molar-refractivity contribution in [1.29, 1.82) is 0 Å². The van der Waals surface area contributed by atoms with E-state index in [2.05, 4.69) is 74.6 Å². The Morgan fingerprint density at radius 2 is 1.24 bits per heavy atom. The van der Waals surface area contributed by atoms with Gasteiger partial charge in [0.05, 0.1) is 61.3 Å². The van der Waals surface area contributed by atoms with Crippen LogP contribution in [0, 0.1) is 11.8 Å². The minimum atomic E-state index is -0.705. The third-order valence-corrected chi connectivity index (χ3v) is 14.4. The minimum absolute atomic E-state index is 0.0419. The van der Waals surface area contributed by atoms with Gasteiger partial charge in [0.15, 0.2) is 6.23 Å². The number of amides is 4. The van der Waals surface area contributed by atoms with E-state index in [0.717, 1.165) is 88.4 Å². The number of benzene rings is 2. The lowest BCUT2D eigenvalue weighted by atomic mass is 9.90. The van der Waals surface area contributed by atoms with Crippen molar-refractivity contribution in [1.82, 2.24) is 44.9 Å². The quantitative estimate of drug-likeness (QED) is 0.106. The van der Waals surface area contributed by atoms with Gasteiger partial charge in [0, 0.05) is 68.0 Å². The summed E-state index contributed by atoms with van der Waals surface area (Å²) in [5, 5.41) is 6.71. The molecular formula is C49H59N9O9. The number of rotatable bonds is 11. The molecule has 5 unspecified atom stereocenters. The highest BCUT2D eigenvalue weighted by Crippen LogP contribution is 2.45. The molecule has 4 saturated heterocycles. The van der Waals surface area contributed by atoms with Crippen molar-refractivity contribution in [3.8, 4) is 39.5 Å². The van der Waals surface area contributed by atoms with Gasteiger partial charge in [0.25, 0.3) is 0 Å². The fraction of sp³-hybridized carbons (Fsp3) is 0.510. The molecule has 18 nitrogen and oxygen atoms in total. The maximum Gasteiger partial charge on any atom is 0.407 e. The van der Waals surface area contributed by atoms with E-state index in [1.165, 1.54) is 14.2 Å². The summed E-state index contributed by atoms with van der Waals surface area (Å²) in [5.74, 6) is 1.86. The number of imidazole rings is 2. The van der Waals surface area contributed by atoms with Crippen molar-refractivity contribution in [2.45, 2.75) is 95.1 Å². The molecule has 0 bridgehead atoms.